The lowest BCUT2D eigenvalue weighted by Gasteiger charge is -2.22. The molecule has 0 bridgehead atoms. The highest BCUT2D eigenvalue weighted by Crippen LogP contribution is 2.12. The largest absolute Gasteiger partial charge is 0.356 e. The van der Waals surface area contributed by atoms with Gasteiger partial charge >= 0.3 is 0 Å². The molecule has 1 saturated heterocycles. The summed E-state index contributed by atoms with van der Waals surface area (Å²) in [6, 6.07) is 3.62. The van der Waals surface area contributed by atoms with Gasteiger partial charge in [-0.2, -0.15) is 0 Å². The van der Waals surface area contributed by atoms with Crippen LogP contribution < -0.4 is 16.0 Å². The Morgan fingerprint density at radius 3 is 2.86 bits per heavy atom. The number of carbonyl (C=O) groups excluding carboxylic acids is 2. The molecule has 2 rings (SSSR count). The molecule has 124 valence electrons. The number of carbonyl (C=O) groups is 2. The summed E-state index contributed by atoms with van der Waals surface area (Å²) < 4.78 is 0. The van der Waals surface area contributed by atoms with Crippen LogP contribution in [0, 0.1) is 5.92 Å². The fourth-order valence-corrected chi connectivity index (χ4v) is 3.10. The first-order valence-corrected chi connectivity index (χ1v) is 8.43. The van der Waals surface area contributed by atoms with E-state index in [1.165, 1.54) is 24.2 Å². The standard InChI is InChI=1S/C15H23N3O2S.ClH/c19-14(17-8-5-12-3-1-7-16-11-12)6-9-18-15(20)13-4-2-10-21-13;/h2,4,10,12,16H,1,3,5-9,11H2,(H,17,19)(H,18,20);1H. The molecule has 1 atom stereocenters. The normalized spacial score (nSPS) is 17.4. The molecule has 2 amide bonds. The second-order valence-electron chi connectivity index (χ2n) is 5.33. The molecule has 0 saturated carbocycles. The van der Waals surface area contributed by atoms with E-state index in [1.54, 1.807) is 6.07 Å². The third-order valence-electron chi connectivity index (χ3n) is 3.66. The van der Waals surface area contributed by atoms with Gasteiger partial charge in [0.2, 0.25) is 5.91 Å². The maximum absolute atomic E-state index is 11.7. The van der Waals surface area contributed by atoms with Gasteiger partial charge in [-0.15, -0.1) is 23.7 Å². The lowest BCUT2D eigenvalue weighted by molar-refractivity contribution is -0.121. The summed E-state index contributed by atoms with van der Waals surface area (Å²) in [6.07, 6.45) is 3.84. The van der Waals surface area contributed by atoms with Gasteiger partial charge in [-0.1, -0.05) is 6.07 Å². The molecule has 5 nitrogen and oxygen atoms in total. The molecule has 1 aliphatic heterocycles. The fourth-order valence-electron chi connectivity index (χ4n) is 2.46. The van der Waals surface area contributed by atoms with E-state index in [0.29, 0.717) is 23.8 Å². The Morgan fingerprint density at radius 1 is 1.32 bits per heavy atom. The van der Waals surface area contributed by atoms with E-state index in [9.17, 15) is 9.59 Å². The van der Waals surface area contributed by atoms with Gasteiger partial charge in [-0.25, -0.2) is 0 Å². The van der Waals surface area contributed by atoms with Crippen LogP contribution in [-0.2, 0) is 4.79 Å². The number of hydrogen-bond acceptors (Lipinski definition) is 4. The third kappa shape index (κ3) is 6.77. The van der Waals surface area contributed by atoms with Crippen LogP contribution in [0.25, 0.3) is 0 Å². The molecular formula is C15H24ClN3O2S. The molecule has 1 fully saturated rings. The van der Waals surface area contributed by atoms with Gasteiger partial charge in [0, 0.05) is 19.5 Å². The van der Waals surface area contributed by atoms with Crippen LogP contribution in [0.1, 0.15) is 35.4 Å². The van der Waals surface area contributed by atoms with Crippen molar-refractivity contribution in [3.05, 3.63) is 22.4 Å². The minimum absolute atomic E-state index is 0. The summed E-state index contributed by atoms with van der Waals surface area (Å²) in [7, 11) is 0. The maximum atomic E-state index is 11.7. The zero-order valence-corrected chi connectivity index (χ0v) is 14.2. The first-order valence-electron chi connectivity index (χ1n) is 7.55. The van der Waals surface area contributed by atoms with E-state index in [1.807, 2.05) is 11.4 Å². The molecule has 1 aromatic heterocycles. The Bertz CT molecular complexity index is 448. The molecule has 1 aromatic rings. The average Bonchev–Trinajstić information content (AvgIpc) is 3.02. The van der Waals surface area contributed by atoms with E-state index in [0.717, 1.165) is 26.1 Å². The van der Waals surface area contributed by atoms with E-state index in [4.69, 9.17) is 0 Å². The summed E-state index contributed by atoms with van der Waals surface area (Å²) in [5, 5.41) is 10.9. The number of halogens is 1. The van der Waals surface area contributed by atoms with Gasteiger partial charge in [0.1, 0.15) is 0 Å². The third-order valence-corrected chi connectivity index (χ3v) is 4.52. The van der Waals surface area contributed by atoms with Crippen LogP contribution in [0.2, 0.25) is 0 Å². The Balaban J connectivity index is 0.00000242. The van der Waals surface area contributed by atoms with Gasteiger partial charge in [0.25, 0.3) is 5.91 Å². The van der Waals surface area contributed by atoms with Crippen molar-refractivity contribution >= 4 is 35.6 Å². The van der Waals surface area contributed by atoms with Gasteiger partial charge < -0.3 is 16.0 Å². The van der Waals surface area contributed by atoms with Crippen LogP contribution >= 0.6 is 23.7 Å². The SMILES string of the molecule is Cl.O=C(CCNC(=O)c1cccs1)NCCC1CCCNC1. The molecule has 22 heavy (non-hydrogen) atoms. The van der Waals surface area contributed by atoms with Crippen molar-refractivity contribution in [3.8, 4) is 0 Å². The number of amides is 2. The Labute approximate surface area is 141 Å². The lowest BCUT2D eigenvalue weighted by Crippen LogP contribution is -2.34. The number of nitrogens with one attached hydrogen (secondary N) is 3. The second-order valence-corrected chi connectivity index (χ2v) is 6.28. The molecule has 0 spiro atoms. The summed E-state index contributed by atoms with van der Waals surface area (Å²) >= 11 is 1.40. The predicted molar refractivity (Wildman–Crippen MR) is 91.7 cm³/mol. The van der Waals surface area contributed by atoms with Crippen molar-refractivity contribution in [2.75, 3.05) is 26.2 Å². The smallest absolute Gasteiger partial charge is 0.261 e. The van der Waals surface area contributed by atoms with Gasteiger partial charge in [-0.05, 0) is 49.7 Å². The molecule has 0 aromatic carbocycles. The first-order chi connectivity index (χ1) is 10.3. The highest BCUT2D eigenvalue weighted by Gasteiger charge is 2.13. The highest BCUT2D eigenvalue weighted by atomic mass is 35.5. The first kappa shape index (κ1) is 18.9. The molecule has 3 N–H and O–H groups in total. The van der Waals surface area contributed by atoms with Crippen LogP contribution in [0.5, 0.6) is 0 Å². The number of hydrogen-bond donors (Lipinski definition) is 3. The topological polar surface area (TPSA) is 70.2 Å². The van der Waals surface area contributed by atoms with Gasteiger partial charge in [0.15, 0.2) is 0 Å². The summed E-state index contributed by atoms with van der Waals surface area (Å²) in [6.45, 7) is 3.29. The van der Waals surface area contributed by atoms with Crippen LogP contribution in [-0.4, -0.2) is 38.0 Å². The van der Waals surface area contributed by atoms with Crippen LogP contribution in [0.15, 0.2) is 17.5 Å². The van der Waals surface area contributed by atoms with Crippen molar-refractivity contribution in [2.45, 2.75) is 25.7 Å². The molecule has 2 heterocycles. The summed E-state index contributed by atoms with van der Waals surface area (Å²) in [4.78, 5) is 24.0. The van der Waals surface area contributed by atoms with Crippen molar-refractivity contribution in [1.29, 1.82) is 0 Å². The zero-order valence-electron chi connectivity index (χ0n) is 12.6. The number of rotatable bonds is 7. The van der Waals surface area contributed by atoms with E-state index in [-0.39, 0.29) is 24.2 Å². The predicted octanol–water partition coefficient (Wildman–Crippen LogP) is 1.80. The van der Waals surface area contributed by atoms with Crippen molar-refractivity contribution in [2.24, 2.45) is 5.92 Å². The Hall–Kier alpha value is -1.11. The van der Waals surface area contributed by atoms with Crippen LogP contribution in [0.3, 0.4) is 0 Å². The summed E-state index contributed by atoms with van der Waals surface area (Å²) in [5.41, 5.74) is 0. The number of thiophene rings is 1. The quantitative estimate of drug-likeness (QED) is 0.705. The van der Waals surface area contributed by atoms with Gasteiger partial charge in [-0.3, -0.25) is 9.59 Å². The zero-order chi connectivity index (χ0) is 14.9. The van der Waals surface area contributed by atoms with Gasteiger partial charge in [0.05, 0.1) is 4.88 Å². The average molecular weight is 346 g/mol. The second kappa shape index (κ2) is 10.6. The molecular weight excluding hydrogens is 322 g/mol. The highest BCUT2D eigenvalue weighted by molar-refractivity contribution is 7.12. The van der Waals surface area contributed by atoms with Crippen molar-refractivity contribution in [1.82, 2.24) is 16.0 Å². The fraction of sp³-hybridized carbons (Fsp3) is 0.600. The molecule has 1 aliphatic rings. The molecule has 0 aliphatic carbocycles. The minimum atomic E-state index is -0.105. The molecule has 0 radical (unpaired) electrons. The summed E-state index contributed by atoms with van der Waals surface area (Å²) in [5.74, 6) is 0.578. The molecule has 7 heteroatoms. The van der Waals surface area contributed by atoms with Crippen molar-refractivity contribution < 1.29 is 9.59 Å². The minimum Gasteiger partial charge on any atom is -0.356 e. The number of piperidine rings is 1. The Morgan fingerprint density at radius 2 is 2.18 bits per heavy atom. The monoisotopic (exact) mass is 345 g/mol. The lowest BCUT2D eigenvalue weighted by atomic mass is 9.96. The molecule has 1 unspecified atom stereocenters. The van der Waals surface area contributed by atoms with Crippen molar-refractivity contribution in [3.63, 3.8) is 0 Å². The van der Waals surface area contributed by atoms with E-state index >= 15 is 0 Å². The maximum Gasteiger partial charge on any atom is 0.261 e. The Kier molecular flexibility index (Phi) is 9.11. The van der Waals surface area contributed by atoms with E-state index in [2.05, 4.69) is 16.0 Å². The van der Waals surface area contributed by atoms with Crippen LogP contribution in [0.4, 0.5) is 0 Å². The van der Waals surface area contributed by atoms with E-state index < -0.39 is 0 Å².